The van der Waals surface area contributed by atoms with Crippen LogP contribution in [0.1, 0.15) is 32.1 Å². The van der Waals surface area contributed by atoms with E-state index in [0.717, 1.165) is 12.5 Å². The minimum atomic E-state index is 0.694. The van der Waals surface area contributed by atoms with Gasteiger partial charge in [-0.05, 0) is 43.4 Å². The normalized spacial score (nSPS) is 57.6. The number of rotatable bonds is 1. The van der Waals surface area contributed by atoms with E-state index < -0.39 is 0 Å². The Bertz CT molecular complexity index is 152. The third-order valence-corrected chi connectivity index (χ3v) is 3.81. The maximum Gasteiger partial charge on any atom is 0.0866 e. The first kappa shape index (κ1) is 5.59. The molecule has 0 spiro atoms. The van der Waals surface area contributed by atoms with E-state index in [0.29, 0.717) is 11.5 Å². The van der Waals surface area contributed by atoms with Crippen molar-refractivity contribution in [2.24, 2.45) is 11.3 Å². The summed E-state index contributed by atoms with van der Waals surface area (Å²) in [7, 11) is 0. The van der Waals surface area contributed by atoms with Crippen LogP contribution in [0.2, 0.25) is 0 Å². The van der Waals surface area contributed by atoms with Crippen LogP contribution in [0.15, 0.2) is 0 Å². The highest BCUT2D eigenvalue weighted by Gasteiger charge is 2.54. The molecule has 2 saturated carbocycles. The molecule has 3 fully saturated rings. The van der Waals surface area contributed by atoms with Gasteiger partial charge in [-0.1, -0.05) is 0 Å². The van der Waals surface area contributed by atoms with E-state index in [-0.39, 0.29) is 0 Å². The van der Waals surface area contributed by atoms with Gasteiger partial charge in [-0.15, -0.1) is 0 Å². The molecule has 0 radical (unpaired) electrons. The lowest BCUT2D eigenvalue weighted by Crippen LogP contribution is -2.21. The zero-order valence-electron chi connectivity index (χ0n) is 6.31. The zero-order valence-corrected chi connectivity index (χ0v) is 6.31. The molecule has 3 aliphatic rings. The molecule has 1 heteroatoms. The van der Waals surface area contributed by atoms with Crippen molar-refractivity contribution in [1.29, 1.82) is 0 Å². The van der Waals surface area contributed by atoms with Crippen molar-refractivity contribution in [1.82, 2.24) is 0 Å². The van der Waals surface area contributed by atoms with Gasteiger partial charge in [0, 0.05) is 0 Å². The number of fused-ring (bicyclic) bond motifs is 2. The number of ether oxygens (including phenoxy) is 1. The summed E-state index contributed by atoms with van der Waals surface area (Å²) in [5, 5.41) is 0. The van der Waals surface area contributed by atoms with Gasteiger partial charge >= 0.3 is 0 Å². The van der Waals surface area contributed by atoms with Crippen molar-refractivity contribution >= 4 is 0 Å². The summed E-state index contributed by atoms with van der Waals surface area (Å²) in [6.45, 7) is 1.08. The summed E-state index contributed by atoms with van der Waals surface area (Å²) in [5.74, 6) is 1.09. The van der Waals surface area contributed by atoms with E-state index in [9.17, 15) is 0 Å². The highest BCUT2D eigenvalue weighted by atomic mass is 16.6. The Balaban J connectivity index is 1.89. The Morgan fingerprint density at radius 3 is 2.30 bits per heavy atom. The lowest BCUT2D eigenvalue weighted by atomic mass is 9.81. The molecule has 1 nitrogen and oxygen atoms in total. The molecule has 0 aromatic rings. The van der Waals surface area contributed by atoms with Gasteiger partial charge in [0.2, 0.25) is 0 Å². The molecule has 2 bridgehead atoms. The summed E-state index contributed by atoms with van der Waals surface area (Å²) >= 11 is 0. The van der Waals surface area contributed by atoms with Crippen molar-refractivity contribution < 1.29 is 4.74 Å². The van der Waals surface area contributed by atoms with Crippen LogP contribution in [0.3, 0.4) is 0 Å². The Kier molecular flexibility index (Phi) is 0.883. The predicted octanol–water partition coefficient (Wildman–Crippen LogP) is 1.97. The highest BCUT2D eigenvalue weighted by molar-refractivity contribution is 5.03. The fourth-order valence-corrected chi connectivity index (χ4v) is 3.09. The van der Waals surface area contributed by atoms with Gasteiger partial charge in [-0.3, -0.25) is 0 Å². The predicted molar refractivity (Wildman–Crippen MR) is 38.7 cm³/mol. The van der Waals surface area contributed by atoms with E-state index in [1.165, 1.54) is 32.1 Å². The molecule has 56 valence electrons. The average Bonchev–Trinajstić information content (AvgIpc) is 2.66. The fourth-order valence-electron chi connectivity index (χ4n) is 3.09. The van der Waals surface area contributed by atoms with Gasteiger partial charge in [0.25, 0.3) is 0 Å². The molecule has 0 aromatic heterocycles. The van der Waals surface area contributed by atoms with Crippen LogP contribution in [-0.2, 0) is 4.74 Å². The highest BCUT2D eigenvalue weighted by Crippen LogP contribution is 2.59. The maximum atomic E-state index is 5.41. The molecule has 1 aliphatic heterocycles. The van der Waals surface area contributed by atoms with Crippen molar-refractivity contribution in [3.05, 3.63) is 0 Å². The monoisotopic (exact) mass is 138 g/mol. The molecule has 2 aliphatic carbocycles. The molecule has 0 amide bonds. The summed E-state index contributed by atoms with van der Waals surface area (Å²) in [6.07, 6.45) is 8.14. The van der Waals surface area contributed by atoms with Gasteiger partial charge in [0.1, 0.15) is 0 Å². The third-order valence-electron chi connectivity index (χ3n) is 3.81. The first-order chi connectivity index (χ1) is 4.89. The zero-order chi connectivity index (χ0) is 6.60. The minimum Gasteiger partial charge on any atom is -0.373 e. The van der Waals surface area contributed by atoms with E-state index in [4.69, 9.17) is 4.74 Å². The Labute approximate surface area is 61.8 Å². The molecule has 0 N–H and O–H groups in total. The average molecular weight is 138 g/mol. The second kappa shape index (κ2) is 1.58. The second-order valence-electron chi connectivity index (χ2n) is 4.33. The summed E-state index contributed by atoms with van der Waals surface area (Å²) in [4.78, 5) is 0. The third kappa shape index (κ3) is 0.572. The van der Waals surface area contributed by atoms with E-state index in [2.05, 4.69) is 0 Å². The topological polar surface area (TPSA) is 12.5 Å². The molecule has 1 saturated heterocycles. The first-order valence-corrected chi connectivity index (χ1v) is 4.51. The van der Waals surface area contributed by atoms with Crippen molar-refractivity contribution in [2.75, 3.05) is 6.61 Å². The van der Waals surface area contributed by atoms with Gasteiger partial charge in [-0.25, -0.2) is 0 Å². The lowest BCUT2D eigenvalue weighted by Gasteiger charge is -2.23. The first-order valence-electron chi connectivity index (χ1n) is 4.51. The largest absolute Gasteiger partial charge is 0.373 e. The minimum absolute atomic E-state index is 0.694. The van der Waals surface area contributed by atoms with E-state index in [1.54, 1.807) is 0 Å². The molecular weight excluding hydrogens is 124 g/mol. The van der Waals surface area contributed by atoms with Crippen LogP contribution in [0.4, 0.5) is 0 Å². The smallest absolute Gasteiger partial charge is 0.0866 e. The van der Waals surface area contributed by atoms with Crippen molar-refractivity contribution in [3.63, 3.8) is 0 Å². The van der Waals surface area contributed by atoms with E-state index >= 15 is 0 Å². The molecular formula is C9H14O. The summed E-state index contributed by atoms with van der Waals surface area (Å²) < 4.78 is 5.41. The Morgan fingerprint density at radius 2 is 1.90 bits per heavy atom. The molecule has 3 rings (SSSR count). The molecule has 1 unspecified atom stereocenters. The lowest BCUT2D eigenvalue weighted by molar-refractivity contribution is 0.203. The molecule has 10 heavy (non-hydrogen) atoms. The van der Waals surface area contributed by atoms with Crippen LogP contribution in [0, 0.1) is 11.3 Å². The van der Waals surface area contributed by atoms with Crippen LogP contribution >= 0.6 is 0 Å². The van der Waals surface area contributed by atoms with Crippen molar-refractivity contribution in [2.45, 2.75) is 38.2 Å². The molecule has 0 aromatic carbocycles. The van der Waals surface area contributed by atoms with Crippen LogP contribution < -0.4 is 0 Å². The van der Waals surface area contributed by atoms with Gasteiger partial charge in [-0.2, -0.15) is 0 Å². The van der Waals surface area contributed by atoms with Crippen LogP contribution in [0.25, 0.3) is 0 Å². The molecule has 1 atom stereocenters. The van der Waals surface area contributed by atoms with Crippen molar-refractivity contribution in [3.8, 4) is 0 Å². The van der Waals surface area contributed by atoms with Gasteiger partial charge in [0.15, 0.2) is 0 Å². The number of epoxide rings is 1. The Hall–Kier alpha value is -0.0400. The standard InChI is InChI=1S/C9H14O/c1-3-9(8-6-10-8)4-2-7(1)5-9/h7-8H,1-6H2. The Morgan fingerprint density at radius 1 is 1.20 bits per heavy atom. The summed E-state index contributed by atoms with van der Waals surface area (Å²) in [6, 6.07) is 0. The SMILES string of the molecule is C1CC2(C3CO3)CCC1C2. The van der Waals surface area contributed by atoms with Gasteiger partial charge in [0.05, 0.1) is 12.7 Å². The number of hydrogen-bond acceptors (Lipinski definition) is 1. The van der Waals surface area contributed by atoms with Crippen LogP contribution in [-0.4, -0.2) is 12.7 Å². The second-order valence-corrected chi connectivity index (χ2v) is 4.33. The summed E-state index contributed by atoms with van der Waals surface area (Å²) in [5.41, 5.74) is 0.699. The number of hydrogen-bond donors (Lipinski definition) is 0. The van der Waals surface area contributed by atoms with Gasteiger partial charge < -0.3 is 4.74 Å². The maximum absolute atomic E-state index is 5.41. The van der Waals surface area contributed by atoms with E-state index in [1.807, 2.05) is 0 Å². The molecule has 1 heterocycles. The quantitative estimate of drug-likeness (QED) is 0.505. The fraction of sp³-hybridized carbons (Fsp3) is 1.00. The van der Waals surface area contributed by atoms with Crippen LogP contribution in [0.5, 0.6) is 0 Å².